The minimum atomic E-state index is -0.503. The normalized spacial score (nSPS) is 17.7. The van der Waals surface area contributed by atoms with E-state index in [9.17, 15) is 9.59 Å². The summed E-state index contributed by atoms with van der Waals surface area (Å²) >= 11 is 0. The number of carbonyl (C=O) groups is 2. The molecule has 2 N–H and O–H groups in total. The van der Waals surface area contributed by atoms with Gasteiger partial charge in [-0.05, 0) is 45.8 Å². The molecule has 1 aliphatic rings. The van der Waals surface area contributed by atoms with E-state index >= 15 is 0 Å². The van der Waals surface area contributed by atoms with Crippen molar-refractivity contribution >= 4 is 44.7 Å². The van der Waals surface area contributed by atoms with Crippen LogP contribution in [0.3, 0.4) is 0 Å². The largest absolute Gasteiger partial charge is 0.326 e. The van der Waals surface area contributed by atoms with Crippen LogP contribution in [0, 0.1) is 11.8 Å². The van der Waals surface area contributed by atoms with Crippen molar-refractivity contribution < 1.29 is 9.59 Å². The van der Waals surface area contributed by atoms with Crippen LogP contribution < -0.4 is 10.6 Å². The van der Waals surface area contributed by atoms with E-state index in [1.807, 2.05) is 84.9 Å². The summed E-state index contributed by atoms with van der Waals surface area (Å²) in [6.45, 7) is 3.93. The summed E-state index contributed by atoms with van der Waals surface area (Å²) < 4.78 is 0. The summed E-state index contributed by atoms with van der Waals surface area (Å²) in [5.74, 6) is -1.41. The van der Waals surface area contributed by atoms with Crippen molar-refractivity contribution in [2.45, 2.75) is 0 Å². The highest BCUT2D eigenvalue weighted by atomic mass is 16.2. The molecule has 4 heteroatoms. The van der Waals surface area contributed by atoms with Gasteiger partial charge in [0.15, 0.2) is 0 Å². The number of fused-ring (bicyclic) bond motifs is 2. The predicted molar refractivity (Wildman–Crippen MR) is 121 cm³/mol. The molecule has 2 atom stereocenters. The molecule has 0 saturated heterocycles. The smallest absolute Gasteiger partial charge is 0.232 e. The molecule has 4 nitrogen and oxygen atoms in total. The highest BCUT2D eigenvalue weighted by molar-refractivity contribution is 6.09. The first kappa shape index (κ1) is 18.1. The van der Waals surface area contributed by atoms with E-state index in [1.54, 1.807) is 0 Å². The molecule has 4 aromatic carbocycles. The van der Waals surface area contributed by atoms with Gasteiger partial charge in [0, 0.05) is 11.4 Å². The summed E-state index contributed by atoms with van der Waals surface area (Å²) in [6, 6.07) is 27.5. The third kappa shape index (κ3) is 3.33. The summed E-state index contributed by atoms with van der Waals surface area (Å²) in [4.78, 5) is 25.4. The number of amides is 2. The van der Waals surface area contributed by atoms with Crippen LogP contribution in [0.25, 0.3) is 21.5 Å². The average Bonchev–Trinajstić information content (AvgIpc) is 3.45. The van der Waals surface area contributed by atoms with Gasteiger partial charge in [-0.25, -0.2) is 0 Å². The van der Waals surface area contributed by atoms with E-state index in [2.05, 4.69) is 17.2 Å². The predicted octanol–water partition coefficient (Wildman–Crippen LogP) is 5.37. The molecule has 0 radical (unpaired) electrons. The van der Waals surface area contributed by atoms with Crippen molar-refractivity contribution in [1.29, 1.82) is 0 Å². The number of hydrogen-bond acceptors (Lipinski definition) is 2. The summed E-state index contributed by atoms with van der Waals surface area (Å²) in [5, 5.41) is 10.2. The van der Waals surface area contributed by atoms with Crippen LogP contribution >= 0.6 is 0 Å². The lowest BCUT2D eigenvalue weighted by Gasteiger charge is -2.07. The molecule has 1 aliphatic carbocycles. The molecular formula is C26H20N2O2. The number of nitrogens with one attached hydrogen (secondary N) is 2. The number of hydrogen-bond donors (Lipinski definition) is 2. The maximum atomic E-state index is 12.7. The van der Waals surface area contributed by atoms with Gasteiger partial charge in [-0.1, -0.05) is 72.8 Å². The van der Waals surface area contributed by atoms with Gasteiger partial charge < -0.3 is 10.6 Å². The third-order valence-corrected chi connectivity index (χ3v) is 5.62. The van der Waals surface area contributed by atoms with E-state index in [1.165, 1.54) is 0 Å². The Morgan fingerprint density at radius 1 is 0.600 bits per heavy atom. The molecule has 146 valence electrons. The van der Waals surface area contributed by atoms with Crippen LogP contribution in [0.5, 0.6) is 0 Å². The fourth-order valence-electron chi connectivity index (χ4n) is 3.93. The molecule has 0 spiro atoms. The van der Waals surface area contributed by atoms with Gasteiger partial charge in [-0.2, -0.15) is 0 Å². The zero-order valence-electron chi connectivity index (χ0n) is 16.3. The van der Waals surface area contributed by atoms with Crippen LogP contribution in [-0.4, -0.2) is 11.8 Å². The molecule has 0 heterocycles. The molecule has 4 aromatic rings. The Kier molecular flexibility index (Phi) is 4.32. The maximum absolute atomic E-state index is 12.7. The lowest BCUT2D eigenvalue weighted by atomic mass is 10.1. The van der Waals surface area contributed by atoms with E-state index in [0.29, 0.717) is 16.9 Å². The number of rotatable bonds is 4. The lowest BCUT2D eigenvalue weighted by Crippen LogP contribution is -2.20. The van der Waals surface area contributed by atoms with E-state index in [-0.39, 0.29) is 11.8 Å². The minimum absolute atomic E-state index is 0.200. The van der Waals surface area contributed by atoms with Gasteiger partial charge in [-0.3, -0.25) is 9.59 Å². The number of anilines is 2. The Balaban J connectivity index is 1.27. The van der Waals surface area contributed by atoms with E-state index in [0.717, 1.165) is 21.5 Å². The topological polar surface area (TPSA) is 58.2 Å². The molecule has 2 amide bonds. The van der Waals surface area contributed by atoms with E-state index in [4.69, 9.17) is 0 Å². The van der Waals surface area contributed by atoms with Crippen LogP contribution in [0.1, 0.15) is 0 Å². The third-order valence-electron chi connectivity index (χ3n) is 5.62. The van der Waals surface area contributed by atoms with E-state index < -0.39 is 11.8 Å². The van der Waals surface area contributed by atoms with Crippen LogP contribution in [0.2, 0.25) is 0 Å². The summed E-state index contributed by atoms with van der Waals surface area (Å²) in [5.41, 5.74) is 2.07. The first-order valence-electron chi connectivity index (χ1n) is 9.88. The molecular weight excluding hydrogens is 372 g/mol. The Morgan fingerprint density at radius 3 is 1.43 bits per heavy atom. The number of benzene rings is 4. The molecule has 1 fully saturated rings. The van der Waals surface area contributed by atoms with Crippen LogP contribution in [0.15, 0.2) is 97.1 Å². The van der Waals surface area contributed by atoms with Gasteiger partial charge in [-0.15, -0.1) is 0 Å². The van der Waals surface area contributed by atoms with Crippen molar-refractivity contribution in [2.24, 2.45) is 11.8 Å². The average molecular weight is 392 g/mol. The zero-order valence-corrected chi connectivity index (χ0v) is 16.3. The lowest BCUT2D eigenvalue weighted by molar-refractivity contribution is -0.122. The first-order valence-corrected chi connectivity index (χ1v) is 9.88. The molecule has 5 rings (SSSR count). The summed E-state index contributed by atoms with van der Waals surface area (Å²) in [6.07, 6.45) is 0. The first-order chi connectivity index (χ1) is 14.6. The highest BCUT2D eigenvalue weighted by Gasteiger charge is 2.52. The van der Waals surface area contributed by atoms with Crippen molar-refractivity contribution in [1.82, 2.24) is 0 Å². The molecule has 0 aliphatic heterocycles. The summed E-state index contributed by atoms with van der Waals surface area (Å²) in [7, 11) is 0. The standard InChI is InChI=1S/C26H20N2O2/c1-16-23(25(29)27-21-12-10-17-6-2-4-8-19(17)14-21)24(16)26(30)28-22-13-11-18-7-3-5-9-20(18)15-22/h2-15,23-24H,1H2,(H,27,29)(H,28,30)/t23-,24?/m1/s1. The van der Waals surface area contributed by atoms with Crippen molar-refractivity contribution in [3.8, 4) is 0 Å². The molecule has 1 unspecified atom stereocenters. The van der Waals surface area contributed by atoms with Gasteiger partial charge >= 0.3 is 0 Å². The quantitative estimate of drug-likeness (QED) is 0.459. The second kappa shape index (κ2) is 7.16. The van der Waals surface area contributed by atoms with Gasteiger partial charge in [0.05, 0.1) is 11.8 Å². The Morgan fingerprint density at radius 2 is 1.00 bits per heavy atom. The Bertz CT molecular complexity index is 1220. The Labute approximate surface area is 174 Å². The minimum Gasteiger partial charge on any atom is -0.326 e. The fraction of sp³-hybridized carbons (Fsp3) is 0.0769. The molecule has 30 heavy (non-hydrogen) atoms. The molecule has 1 saturated carbocycles. The Hall–Kier alpha value is -3.92. The highest BCUT2D eigenvalue weighted by Crippen LogP contribution is 2.45. The second-order valence-electron chi connectivity index (χ2n) is 7.63. The van der Waals surface area contributed by atoms with Gasteiger partial charge in [0.1, 0.15) is 0 Å². The second-order valence-corrected chi connectivity index (χ2v) is 7.63. The van der Waals surface area contributed by atoms with Gasteiger partial charge in [0.2, 0.25) is 11.8 Å². The SMILES string of the molecule is C=C1C(C(=O)Nc2ccc3ccccc3c2)[C@@H]1C(=O)Nc1ccc2ccccc2c1. The van der Waals surface area contributed by atoms with Gasteiger partial charge in [0.25, 0.3) is 0 Å². The maximum Gasteiger partial charge on any atom is 0.232 e. The number of carbonyl (C=O) groups excluding carboxylic acids is 2. The monoisotopic (exact) mass is 392 g/mol. The van der Waals surface area contributed by atoms with Crippen LogP contribution in [0.4, 0.5) is 11.4 Å². The van der Waals surface area contributed by atoms with Crippen molar-refractivity contribution in [2.75, 3.05) is 10.6 Å². The van der Waals surface area contributed by atoms with Crippen molar-refractivity contribution in [3.63, 3.8) is 0 Å². The molecule has 0 bridgehead atoms. The fourth-order valence-corrected chi connectivity index (χ4v) is 3.93. The molecule has 0 aromatic heterocycles. The van der Waals surface area contributed by atoms with Crippen molar-refractivity contribution in [3.05, 3.63) is 97.1 Å². The zero-order chi connectivity index (χ0) is 20.7. The van der Waals surface area contributed by atoms with Crippen LogP contribution in [-0.2, 0) is 9.59 Å².